The minimum Gasteiger partial charge on any atom is -0.371 e. The van der Waals surface area contributed by atoms with Crippen molar-refractivity contribution < 1.29 is 13.2 Å². The Labute approximate surface area is 206 Å². The summed E-state index contributed by atoms with van der Waals surface area (Å²) in [5.41, 5.74) is 6.57. The normalized spacial score (nSPS) is 15.8. The third-order valence-electron chi connectivity index (χ3n) is 6.03. The minimum absolute atomic E-state index is 0.131. The second-order valence-corrected chi connectivity index (χ2v) is 8.55. The largest absolute Gasteiger partial charge is 0.450 e. The Hall–Kier alpha value is -4.33. The fourth-order valence-corrected chi connectivity index (χ4v) is 4.23. The number of aromatic nitrogens is 2. The first-order chi connectivity index (χ1) is 17.4. The molecule has 8 nitrogen and oxygen atoms in total. The summed E-state index contributed by atoms with van der Waals surface area (Å²) in [6.45, 7) is 1.81. The van der Waals surface area contributed by atoms with E-state index in [2.05, 4.69) is 36.7 Å². The van der Waals surface area contributed by atoms with Crippen LogP contribution in [0.15, 0.2) is 59.7 Å². The molecule has 11 heteroatoms. The second-order valence-electron chi connectivity index (χ2n) is 8.55. The summed E-state index contributed by atoms with van der Waals surface area (Å²) >= 11 is 0. The molecule has 0 unspecified atom stereocenters. The van der Waals surface area contributed by atoms with Gasteiger partial charge in [-0.3, -0.25) is 10.4 Å². The average Bonchev–Trinajstić information content (AvgIpc) is 3.41. The Balaban J connectivity index is 1.31. The molecule has 2 aliphatic heterocycles. The van der Waals surface area contributed by atoms with Gasteiger partial charge in [-0.05, 0) is 67.8 Å². The van der Waals surface area contributed by atoms with Gasteiger partial charge in [-0.25, -0.2) is 15.0 Å². The van der Waals surface area contributed by atoms with Crippen LogP contribution in [-0.4, -0.2) is 41.7 Å². The molecule has 2 N–H and O–H groups in total. The number of nitrogens with zero attached hydrogens (tertiary/aromatic N) is 6. The van der Waals surface area contributed by atoms with E-state index in [1.165, 1.54) is 11.4 Å². The zero-order valence-electron chi connectivity index (χ0n) is 19.3. The minimum atomic E-state index is -4.51. The number of amidine groups is 1. The molecule has 0 amide bonds. The van der Waals surface area contributed by atoms with Gasteiger partial charge >= 0.3 is 6.18 Å². The van der Waals surface area contributed by atoms with Gasteiger partial charge in [0.15, 0.2) is 0 Å². The second kappa shape index (κ2) is 9.73. The maximum atomic E-state index is 12.8. The molecule has 1 fully saturated rings. The van der Waals surface area contributed by atoms with Gasteiger partial charge in [0.25, 0.3) is 0 Å². The molecule has 2 aliphatic rings. The van der Waals surface area contributed by atoms with E-state index in [-0.39, 0.29) is 6.67 Å². The lowest BCUT2D eigenvalue weighted by molar-refractivity contribution is -0.0611. The van der Waals surface area contributed by atoms with Crippen LogP contribution in [0.4, 0.5) is 36.2 Å². The van der Waals surface area contributed by atoms with Gasteiger partial charge in [0.2, 0.25) is 11.8 Å². The van der Waals surface area contributed by atoms with E-state index in [4.69, 9.17) is 0 Å². The van der Waals surface area contributed by atoms with Crippen molar-refractivity contribution in [1.29, 1.82) is 5.26 Å². The summed E-state index contributed by atoms with van der Waals surface area (Å²) in [5.74, 6) is -0.650. The van der Waals surface area contributed by atoms with Crippen LogP contribution in [0, 0.1) is 11.3 Å². The molecule has 5 rings (SSSR count). The highest BCUT2D eigenvalue weighted by Crippen LogP contribution is 2.29. The SMILES string of the molecule is N#Cc1cc(-c2ccnc(Nc3ccc(N4CN=C(C(F)(F)F)N4)cc3)n2)cc(N2CCCCC2)c1. The number of nitriles is 1. The van der Waals surface area contributed by atoms with Gasteiger partial charge in [-0.15, -0.1) is 0 Å². The monoisotopic (exact) mass is 492 g/mol. The Morgan fingerprint density at radius 3 is 2.44 bits per heavy atom. The van der Waals surface area contributed by atoms with Gasteiger partial charge in [0, 0.05) is 36.2 Å². The number of alkyl halides is 3. The zero-order valence-corrected chi connectivity index (χ0v) is 19.3. The maximum absolute atomic E-state index is 12.8. The van der Waals surface area contributed by atoms with E-state index in [0.717, 1.165) is 37.2 Å². The van der Waals surface area contributed by atoms with E-state index >= 15 is 0 Å². The molecule has 0 atom stereocenters. The summed E-state index contributed by atoms with van der Waals surface area (Å²) in [6.07, 6.45) is 0.622. The Morgan fingerprint density at radius 1 is 0.972 bits per heavy atom. The van der Waals surface area contributed by atoms with Crippen molar-refractivity contribution in [3.8, 4) is 17.3 Å². The van der Waals surface area contributed by atoms with E-state index in [1.54, 1.807) is 36.5 Å². The lowest BCUT2D eigenvalue weighted by Gasteiger charge is -2.29. The van der Waals surface area contributed by atoms with Crippen LogP contribution in [0.3, 0.4) is 0 Å². The van der Waals surface area contributed by atoms with E-state index in [9.17, 15) is 18.4 Å². The Bertz CT molecular complexity index is 1310. The molecule has 1 aromatic heterocycles. The van der Waals surface area contributed by atoms with Crippen molar-refractivity contribution in [1.82, 2.24) is 15.4 Å². The Kier molecular flexibility index (Phi) is 6.33. The number of piperidine rings is 1. The van der Waals surface area contributed by atoms with Crippen LogP contribution in [0.1, 0.15) is 24.8 Å². The van der Waals surface area contributed by atoms with Gasteiger partial charge < -0.3 is 10.2 Å². The van der Waals surface area contributed by atoms with Gasteiger partial charge in [-0.1, -0.05) is 0 Å². The van der Waals surface area contributed by atoms with Crippen molar-refractivity contribution in [2.45, 2.75) is 25.4 Å². The molecule has 184 valence electrons. The molecule has 1 saturated heterocycles. The fraction of sp³-hybridized carbons (Fsp3) is 0.280. The molecule has 0 bridgehead atoms. The summed E-state index contributed by atoms with van der Waals surface area (Å²) in [5, 5.41) is 14.0. The first kappa shape index (κ1) is 23.4. The lowest BCUT2D eigenvalue weighted by atomic mass is 10.0. The van der Waals surface area contributed by atoms with Crippen LogP contribution < -0.4 is 20.7 Å². The molecular formula is C25H23F3N8. The molecule has 3 aromatic rings. The average molecular weight is 493 g/mol. The predicted molar refractivity (Wildman–Crippen MR) is 132 cm³/mol. The van der Waals surface area contributed by atoms with Crippen LogP contribution in [0.25, 0.3) is 11.3 Å². The highest BCUT2D eigenvalue weighted by Gasteiger charge is 2.39. The number of aliphatic imine (C=N–C) groups is 1. The van der Waals surface area contributed by atoms with Crippen molar-refractivity contribution in [3.63, 3.8) is 0 Å². The van der Waals surface area contributed by atoms with E-state index < -0.39 is 12.0 Å². The molecule has 0 radical (unpaired) electrons. The maximum Gasteiger partial charge on any atom is 0.450 e. The van der Waals surface area contributed by atoms with Crippen molar-refractivity contribution in [3.05, 3.63) is 60.3 Å². The van der Waals surface area contributed by atoms with Crippen molar-refractivity contribution >= 4 is 28.8 Å². The number of benzene rings is 2. The van der Waals surface area contributed by atoms with Gasteiger partial charge in [-0.2, -0.15) is 18.4 Å². The quantitative estimate of drug-likeness (QED) is 0.518. The number of rotatable bonds is 5. The highest BCUT2D eigenvalue weighted by atomic mass is 19.4. The molecule has 0 saturated carbocycles. The summed E-state index contributed by atoms with van der Waals surface area (Å²) in [6, 6.07) is 16.6. The number of halogens is 3. The third kappa shape index (κ3) is 5.17. The highest BCUT2D eigenvalue weighted by molar-refractivity contribution is 5.90. The first-order valence-corrected chi connectivity index (χ1v) is 11.6. The number of hydrogen-bond acceptors (Lipinski definition) is 8. The first-order valence-electron chi connectivity index (χ1n) is 11.6. The lowest BCUT2D eigenvalue weighted by Crippen LogP contribution is -2.42. The molecule has 0 spiro atoms. The molecular weight excluding hydrogens is 469 g/mol. The Morgan fingerprint density at radius 2 is 1.75 bits per heavy atom. The number of hydrazine groups is 1. The molecule has 36 heavy (non-hydrogen) atoms. The number of nitrogens with one attached hydrogen (secondary N) is 2. The summed E-state index contributed by atoms with van der Waals surface area (Å²) < 4.78 is 38.4. The number of hydrogen-bond donors (Lipinski definition) is 2. The van der Waals surface area contributed by atoms with Crippen LogP contribution in [-0.2, 0) is 0 Å². The standard InChI is InChI=1S/C25H23F3N8/c26-25(27,28)23-31-16-36(34-23)20-6-4-19(5-7-20)32-24-30-9-8-22(33-24)18-12-17(15-29)13-21(14-18)35-10-2-1-3-11-35/h4-9,12-14H,1-3,10-11,16H2,(H,31,34)(H,30,32,33). The fourth-order valence-electron chi connectivity index (χ4n) is 4.23. The van der Waals surface area contributed by atoms with E-state index in [1.807, 2.05) is 18.2 Å². The summed E-state index contributed by atoms with van der Waals surface area (Å²) in [7, 11) is 0. The molecule has 3 heterocycles. The molecule has 0 aliphatic carbocycles. The third-order valence-corrected chi connectivity index (χ3v) is 6.03. The number of anilines is 4. The van der Waals surface area contributed by atoms with Gasteiger partial charge in [0.1, 0.15) is 6.67 Å². The van der Waals surface area contributed by atoms with Crippen LogP contribution in [0.5, 0.6) is 0 Å². The smallest absolute Gasteiger partial charge is 0.371 e. The van der Waals surface area contributed by atoms with Crippen molar-refractivity contribution in [2.24, 2.45) is 4.99 Å². The summed E-state index contributed by atoms with van der Waals surface area (Å²) in [4.78, 5) is 14.7. The molecule has 2 aromatic carbocycles. The predicted octanol–water partition coefficient (Wildman–Crippen LogP) is 4.99. The van der Waals surface area contributed by atoms with Crippen LogP contribution >= 0.6 is 0 Å². The van der Waals surface area contributed by atoms with Crippen molar-refractivity contribution in [2.75, 3.05) is 35.0 Å². The van der Waals surface area contributed by atoms with Crippen LogP contribution in [0.2, 0.25) is 0 Å². The topological polar surface area (TPSA) is 92.5 Å². The zero-order chi connectivity index (χ0) is 25.1. The van der Waals surface area contributed by atoms with Gasteiger partial charge in [0.05, 0.1) is 23.0 Å². The van der Waals surface area contributed by atoms with E-state index in [0.29, 0.717) is 28.6 Å².